The molecule has 1 heterocycles. The average Bonchev–Trinajstić information content (AvgIpc) is 3.25. The number of rotatable bonds is 1. The lowest BCUT2D eigenvalue weighted by atomic mass is 9.95. The molecular formula is C27H20O. The van der Waals surface area contributed by atoms with Gasteiger partial charge in [0, 0.05) is 16.3 Å². The Labute approximate surface area is 164 Å². The van der Waals surface area contributed by atoms with Gasteiger partial charge in [-0.25, -0.2) is 0 Å². The Morgan fingerprint density at radius 2 is 1.46 bits per heavy atom. The summed E-state index contributed by atoms with van der Waals surface area (Å²) in [6, 6.07) is 26.5. The van der Waals surface area contributed by atoms with Gasteiger partial charge in [-0.05, 0) is 84.0 Å². The Hall–Kier alpha value is -3.32. The highest BCUT2D eigenvalue weighted by Crippen LogP contribution is 2.42. The summed E-state index contributed by atoms with van der Waals surface area (Å²) in [5.74, 6) is 0. The summed E-state index contributed by atoms with van der Waals surface area (Å²) in [7, 11) is 0. The van der Waals surface area contributed by atoms with Gasteiger partial charge in [0.25, 0.3) is 0 Å². The van der Waals surface area contributed by atoms with Gasteiger partial charge < -0.3 is 4.42 Å². The van der Waals surface area contributed by atoms with Gasteiger partial charge >= 0.3 is 0 Å². The van der Waals surface area contributed by atoms with Crippen molar-refractivity contribution < 1.29 is 4.42 Å². The normalized spacial score (nSPS) is 12.5. The summed E-state index contributed by atoms with van der Waals surface area (Å²) >= 11 is 0. The summed E-state index contributed by atoms with van der Waals surface area (Å²) in [6.45, 7) is 4.30. The highest BCUT2D eigenvalue weighted by Gasteiger charge is 2.20. The average molecular weight is 360 g/mol. The van der Waals surface area contributed by atoms with E-state index in [-0.39, 0.29) is 0 Å². The smallest absolute Gasteiger partial charge is 0.143 e. The van der Waals surface area contributed by atoms with Crippen LogP contribution in [-0.4, -0.2) is 0 Å². The molecule has 1 aliphatic rings. The van der Waals surface area contributed by atoms with Crippen LogP contribution in [0.3, 0.4) is 0 Å². The van der Waals surface area contributed by atoms with Crippen LogP contribution in [0.15, 0.2) is 77.2 Å². The van der Waals surface area contributed by atoms with Crippen molar-refractivity contribution in [1.29, 1.82) is 0 Å². The molecule has 0 amide bonds. The third-order valence-corrected chi connectivity index (χ3v) is 5.98. The molecule has 1 heteroatoms. The highest BCUT2D eigenvalue weighted by molar-refractivity contribution is 6.10. The van der Waals surface area contributed by atoms with Gasteiger partial charge in [0.15, 0.2) is 0 Å². The van der Waals surface area contributed by atoms with E-state index in [1.807, 2.05) is 0 Å². The minimum Gasteiger partial charge on any atom is -0.455 e. The SMILES string of the molecule is Cc1ccc2oc3c(-c4ccc5c(c4)-c4ccccc4C5)cc(C)cc3c2c1. The first-order chi connectivity index (χ1) is 13.7. The van der Waals surface area contributed by atoms with Crippen molar-refractivity contribution in [2.75, 3.05) is 0 Å². The predicted octanol–water partition coefficient (Wildman–Crippen LogP) is 7.44. The first-order valence-corrected chi connectivity index (χ1v) is 9.82. The zero-order valence-corrected chi connectivity index (χ0v) is 16.0. The van der Waals surface area contributed by atoms with E-state index in [4.69, 9.17) is 4.42 Å². The van der Waals surface area contributed by atoms with Crippen LogP contribution in [0, 0.1) is 13.8 Å². The van der Waals surface area contributed by atoms with E-state index >= 15 is 0 Å². The Morgan fingerprint density at radius 1 is 0.643 bits per heavy atom. The molecule has 0 atom stereocenters. The Bertz CT molecular complexity index is 1400. The quantitative estimate of drug-likeness (QED) is 0.297. The third-order valence-electron chi connectivity index (χ3n) is 5.98. The maximum Gasteiger partial charge on any atom is 0.143 e. The number of fused-ring (bicyclic) bond motifs is 6. The van der Waals surface area contributed by atoms with Crippen molar-refractivity contribution in [2.45, 2.75) is 20.3 Å². The van der Waals surface area contributed by atoms with Crippen LogP contribution < -0.4 is 0 Å². The van der Waals surface area contributed by atoms with Gasteiger partial charge in [-0.3, -0.25) is 0 Å². The fourth-order valence-electron chi connectivity index (χ4n) is 4.64. The molecule has 0 saturated heterocycles. The van der Waals surface area contributed by atoms with Crippen molar-refractivity contribution >= 4 is 21.9 Å². The highest BCUT2D eigenvalue weighted by atomic mass is 16.3. The number of furan rings is 1. The van der Waals surface area contributed by atoms with E-state index in [0.29, 0.717) is 0 Å². The Balaban J connectivity index is 1.63. The molecule has 0 saturated carbocycles. The molecule has 1 aliphatic carbocycles. The van der Waals surface area contributed by atoms with Gasteiger partial charge in [0.05, 0.1) is 0 Å². The van der Waals surface area contributed by atoms with E-state index in [2.05, 4.69) is 86.6 Å². The largest absolute Gasteiger partial charge is 0.455 e. The molecule has 0 spiro atoms. The number of benzene rings is 4. The maximum absolute atomic E-state index is 6.34. The molecule has 0 aliphatic heterocycles. The van der Waals surface area contributed by atoms with Crippen LogP contribution in [0.2, 0.25) is 0 Å². The van der Waals surface area contributed by atoms with E-state index in [1.54, 1.807) is 0 Å². The molecule has 1 aromatic heterocycles. The molecule has 28 heavy (non-hydrogen) atoms. The van der Waals surface area contributed by atoms with Crippen LogP contribution in [0.1, 0.15) is 22.3 Å². The number of hydrogen-bond acceptors (Lipinski definition) is 1. The van der Waals surface area contributed by atoms with Gasteiger partial charge in [-0.2, -0.15) is 0 Å². The van der Waals surface area contributed by atoms with Crippen LogP contribution in [0.5, 0.6) is 0 Å². The second kappa shape index (κ2) is 5.59. The second-order valence-corrected chi connectivity index (χ2v) is 8.00. The molecule has 134 valence electrons. The predicted molar refractivity (Wildman–Crippen MR) is 117 cm³/mol. The first kappa shape index (κ1) is 15.7. The minimum atomic E-state index is 0.957. The molecule has 4 aromatic carbocycles. The Morgan fingerprint density at radius 3 is 2.39 bits per heavy atom. The number of aryl methyl sites for hydroxylation is 2. The fraction of sp³-hybridized carbons (Fsp3) is 0.111. The van der Waals surface area contributed by atoms with Crippen LogP contribution in [-0.2, 0) is 6.42 Å². The Kier molecular flexibility index (Phi) is 3.14. The van der Waals surface area contributed by atoms with E-state index in [0.717, 1.165) is 17.6 Å². The molecule has 0 bridgehead atoms. The van der Waals surface area contributed by atoms with Crippen molar-refractivity contribution in [3.05, 3.63) is 95.1 Å². The molecular weight excluding hydrogens is 340 g/mol. The topological polar surface area (TPSA) is 13.1 Å². The van der Waals surface area contributed by atoms with Gasteiger partial charge in [0.2, 0.25) is 0 Å². The molecule has 0 unspecified atom stereocenters. The zero-order valence-electron chi connectivity index (χ0n) is 16.0. The molecule has 0 N–H and O–H groups in total. The lowest BCUT2D eigenvalue weighted by molar-refractivity contribution is 0.670. The van der Waals surface area contributed by atoms with Crippen LogP contribution in [0.4, 0.5) is 0 Å². The molecule has 5 aromatic rings. The van der Waals surface area contributed by atoms with E-state index in [9.17, 15) is 0 Å². The lowest BCUT2D eigenvalue weighted by Crippen LogP contribution is -1.85. The fourth-order valence-corrected chi connectivity index (χ4v) is 4.64. The van der Waals surface area contributed by atoms with Crippen molar-refractivity contribution in [1.82, 2.24) is 0 Å². The molecule has 6 rings (SSSR count). The maximum atomic E-state index is 6.34. The standard InChI is InChI=1S/C27H20O/c1-16-7-10-26-24(11-16)25-13-17(2)12-23(27(25)28-26)20-9-8-19-14-18-5-3-4-6-21(18)22(19)15-20/h3-13,15H,14H2,1-2H3. The molecule has 0 radical (unpaired) electrons. The lowest BCUT2D eigenvalue weighted by Gasteiger charge is -2.08. The van der Waals surface area contributed by atoms with Gasteiger partial charge in [-0.1, -0.05) is 48.0 Å². The minimum absolute atomic E-state index is 0.957. The summed E-state index contributed by atoms with van der Waals surface area (Å²) in [6.07, 6.45) is 1.03. The number of hydrogen-bond donors (Lipinski definition) is 0. The van der Waals surface area contributed by atoms with Crippen molar-refractivity contribution in [3.8, 4) is 22.3 Å². The van der Waals surface area contributed by atoms with Gasteiger partial charge in [0.1, 0.15) is 11.2 Å². The molecule has 1 nitrogen and oxygen atoms in total. The van der Waals surface area contributed by atoms with Crippen LogP contribution >= 0.6 is 0 Å². The third kappa shape index (κ3) is 2.20. The van der Waals surface area contributed by atoms with Crippen molar-refractivity contribution in [3.63, 3.8) is 0 Å². The van der Waals surface area contributed by atoms with Crippen molar-refractivity contribution in [2.24, 2.45) is 0 Å². The van der Waals surface area contributed by atoms with E-state index < -0.39 is 0 Å². The van der Waals surface area contributed by atoms with Gasteiger partial charge in [-0.15, -0.1) is 0 Å². The summed E-state index contributed by atoms with van der Waals surface area (Å²) in [5.41, 5.74) is 12.4. The van der Waals surface area contributed by atoms with Crippen LogP contribution in [0.25, 0.3) is 44.2 Å². The second-order valence-electron chi connectivity index (χ2n) is 8.00. The zero-order chi connectivity index (χ0) is 18.8. The first-order valence-electron chi connectivity index (χ1n) is 9.82. The monoisotopic (exact) mass is 360 g/mol. The molecule has 0 fully saturated rings. The summed E-state index contributed by atoms with van der Waals surface area (Å²) < 4.78 is 6.34. The summed E-state index contributed by atoms with van der Waals surface area (Å²) in [5, 5.41) is 2.40. The van der Waals surface area contributed by atoms with E-state index in [1.165, 1.54) is 55.3 Å². The summed E-state index contributed by atoms with van der Waals surface area (Å²) in [4.78, 5) is 0.